The van der Waals surface area contributed by atoms with Crippen molar-refractivity contribution in [1.29, 1.82) is 0 Å². The third-order valence-corrected chi connectivity index (χ3v) is 3.51. The molecule has 1 aliphatic heterocycles. The molecule has 0 spiro atoms. The zero-order valence-electron chi connectivity index (χ0n) is 12.9. The summed E-state index contributed by atoms with van der Waals surface area (Å²) in [6, 6.07) is 5.59. The minimum absolute atomic E-state index is 0.0558. The Morgan fingerprint density at radius 2 is 2.33 bits per heavy atom. The van der Waals surface area contributed by atoms with E-state index in [-0.39, 0.29) is 18.1 Å². The van der Waals surface area contributed by atoms with Crippen LogP contribution in [0, 0.1) is 6.92 Å². The number of benzene rings is 1. The van der Waals surface area contributed by atoms with Gasteiger partial charge in [0.05, 0.1) is 25.9 Å². The number of carbonyl (C=O) groups is 1. The van der Waals surface area contributed by atoms with Gasteiger partial charge in [0, 0.05) is 12.2 Å². The summed E-state index contributed by atoms with van der Waals surface area (Å²) in [6.07, 6.45) is 0.186. The highest BCUT2D eigenvalue weighted by Crippen LogP contribution is 2.20. The average molecular weight is 292 g/mol. The maximum absolute atomic E-state index is 12.2. The van der Waals surface area contributed by atoms with Crippen LogP contribution in [0.15, 0.2) is 18.2 Å². The van der Waals surface area contributed by atoms with Crippen molar-refractivity contribution in [3.8, 4) is 0 Å². The fourth-order valence-corrected chi connectivity index (χ4v) is 2.19. The van der Waals surface area contributed by atoms with Crippen molar-refractivity contribution in [2.24, 2.45) is 0 Å². The Bertz CT molecular complexity index is 482. The van der Waals surface area contributed by atoms with Crippen molar-refractivity contribution in [2.75, 3.05) is 25.1 Å². The van der Waals surface area contributed by atoms with Gasteiger partial charge >= 0.3 is 0 Å². The third kappa shape index (κ3) is 4.52. The zero-order valence-corrected chi connectivity index (χ0v) is 12.9. The Hall–Kier alpha value is -1.43. The first-order valence-electron chi connectivity index (χ1n) is 7.40. The highest BCUT2D eigenvalue weighted by Gasteiger charge is 2.21. The van der Waals surface area contributed by atoms with Crippen molar-refractivity contribution in [1.82, 2.24) is 5.32 Å². The van der Waals surface area contributed by atoms with E-state index in [2.05, 4.69) is 10.6 Å². The Labute approximate surface area is 126 Å². The standard InChI is InChI=1S/C16H24N2O3/c1-11(2)21-9-13-5-4-6-14(12(13)3)18-16(19)15-10-20-8-7-17-15/h4-6,11,15,17H,7-10H2,1-3H3,(H,18,19). The van der Waals surface area contributed by atoms with E-state index in [9.17, 15) is 4.79 Å². The van der Waals surface area contributed by atoms with E-state index in [1.807, 2.05) is 39.0 Å². The lowest BCUT2D eigenvalue weighted by Crippen LogP contribution is -2.48. The zero-order chi connectivity index (χ0) is 15.2. The molecule has 1 aliphatic rings. The second-order valence-electron chi connectivity index (χ2n) is 5.52. The van der Waals surface area contributed by atoms with E-state index in [0.29, 0.717) is 26.4 Å². The molecule has 1 aromatic carbocycles. The van der Waals surface area contributed by atoms with Crippen LogP contribution in [-0.4, -0.2) is 37.8 Å². The molecule has 0 bridgehead atoms. The van der Waals surface area contributed by atoms with Crippen molar-refractivity contribution >= 4 is 11.6 Å². The van der Waals surface area contributed by atoms with Gasteiger partial charge in [0.1, 0.15) is 6.04 Å². The van der Waals surface area contributed by atoms with Gasteiger partial charge in [-0.15, -0.1) is 0 Å². The number of anilines is 1. The first-order valence-corrected chi connectivity index (χ1v) is 7.40. The number of morpholine rings is 1. The smallest absolute Gasteiger partial charge is 0.243 e. The van der Waals surface area contributed by atoms with E-state index in [4.69, 9.17) is 9.47 Å². The van der Waals surface area contributed by atoms with Gasteiger partial charge in [-0.3, -0.25) is 4.79 Å². The van der Waals surface area contributed by atoms with Gasteiger partial charge < -0.3 is 20.1 Å². The molecule has 0 saturated carbocycles. The van der Waals surface area contributed by atoms with Crippen LogP contribution in [0.2, 0.25) is 0 Å². The molecule has 1 saturated heterocycles. The molecule has 5 nitrogen and oxygen atoms in total. The second kappa shape index (κ2) is 7.54. The summed E-state index contributed by atoms with van der Waals surface area (Å²) in [5.41, 5.74) is 2.97. The van der Waals surface area contributed by atoms with Crippen LogP contribution in [0.25, 0.3) is 0 Å². The molecule has 5 heteroatoms. The first kappa shape index (κ1) is 15.9. The number of rotatable bonds is 5. The number of amides is 1. The highest BCUT2D eigenvalue weighted by atomic mass is 16.5. The quantitative estimate of drug-likeness (QED) is 0.869. The molecule has 1 unspecified atom stereocenters. The lowest BCUT2D eigenvalue weighted by atomic mass is 10.1. The molecule has 1 amide bonds. The molecule has 0 aliphatic carbocycles. The molecular formula is C16H24N2O3. The summed E-state index contributed by atoms with van der Waals surface area (Å²) >= 11 is 0. The summed E-state index contributed by atoms with van der Waals surface area (Å²) in [5, 5.41) is 6.12. The van der Waals surface area contributed by atoms with Gasteiger partial charge in [-0.1, -0.05) is 12.1 Å². The van der Waals surface area contributed by atoms with Gasteiger partial charge in [-0.25, -0.2) is 0 Å². The fraction of sp³-hybridized carbons (Fsp3) is 0.562. The molecule has 116 valence electrons. The largest absolute Gasteiger partial charge is 0.378 e. The van der Waals surface area contributed by atoms with Gasteiger partial charge in [0.15, 0.2) is 0 Å². The molecule has 1 aromatic rings. The lowest BCUT2D eigenvalue weighted by molar-refractivity contribution is -0.120. The van der Waals surface area contributed by atoms with E-state index < -0.39 is 0 Å². The van der Waals surface area contributed by atoms with E-state index >= 15 is 0 Å². The summed E-state index contributed by atoms with van der Waals surface area (Å²) in [4.78, 5) is 12.2. The minimum atomic E-state index is -0.284. The molecule has 0 aromatic heterocycles. The Morgan fingerprint density at radius 1 is 1.52 bits per heavy atom. The van der Waals surface area contributed by atoms with Crippen molar-refractivity contribution in [2.45, 2.75) is 39.5 Å². The number of hydrogen-bond donors (Lipinski definition) is 2. The molecule has 0 radical (unpaired) electrons. The minimum Gasteiger partial charge on any atom is -0.378 e. The number of nitrogens with one attached hydrogen (secondary N) is 2. The van der Waals surface area contributed by atoms with Gasteiger partial charge in [-0.2, -0.15) is 0 Å². The summed E-state index contributed by atoms with van der Waals surface area (Å²) in [5.74, 6) is -0.0558. The lowest BCUT2D eigenvalue weighted by Gasteiger charge is -2.23. The number of carbonyl (C=O) groups excluding carboxylic acids is 1. The molecule has 1 heterocycles. The highest BCUT2D eigenvalue weighted by molar-refractivity contribution is 5.95. The Balaban J connectivity index is 2.02. The topological polar surface area (TPSA) is 59.6 Å². The molecule has 1 atom stereocenters. The summed E-state index contributed by atoms with van der Waals surface area (Å²) in [7, 11) is 0. The van der Waals surface area contributed by atoms with E-state index in [0.717, 1.165) is 16.8 Å². The monoisotopic (exact) mass is 292 g/mol. The van der Waals surface area contributed by atoms with Crippen LogP contribution in [0.4, 0.5) is 5.69 Å². The van der Waals surface area contributed by atoms with Crippen LogP contribution in [0.5, 0.6) is 0 Å². The normalized spacial score (nSPS) is 18.8. The van der Waals surface area contributed by atoms with Crippen LogP contribution in [0.3, 0.4) is 0 Å². The van der Waals surface area contributed by atoms with Gasteiger partial charge in [-0.05, 0) is 38.0 Å². The van der Waals surface area contributed by atoms with E-state index in [1.165, 1.54) is 0 Å². The first-order chi connectivity index (χ1) is 10.1. The number of hydrogen-bond acceptors (Lipinski definition) is 4. The van der Waals surface area contributed by atoms with Crippen molar-refractivity contribution < 1.29 is 14.3 Å². The average Bonchev–Trinajstić information content (AvgIpc) is 2.49. The van der Waals surface area contributed by atoms with Crippen molar-refractivity contribution in [3.05, 3.63) is 29.3 Å². The Kier molecular flexibility index (Phi) is 5.73. The van der Waals surface area contributed by atoms with Crippen LogP contribution >= 0.6 is 0 Å². The van der Waals surface area contributed by atoms with Crippen LogP contribution in [0.1, 0.15) is 25.0 Å². The SMILES string of the molecule is Cc1c(COC(C)C)cccc1NC(=O)C1COCCN1. The van der Waals surface area contributed by atoms with Crippen molar-refractivity contribution in [3.63, 3.8) is 0 Å². The number of ether oxygens (including phenoxy) is 2. The van der Waals surface area contributed by atoms with Gasteiger partial charge in [0.25, 0.3) is 0 Å². The Morgan fingerprint density at radius 3 is 3.00 bits per heavy atom. The molecule has 21 heavy (non-hydrogen) atoms. The summed E-state index contributed by atoms with van der Waals surface area (Å²) in [6.45, 7) is 8.36. The molecule has 1 fully saturated rings. The third-order valence-electron chi connectivity index (χ3n) is 3.51. The summed E-state index contributed by atoms with van der Waals surface area (Å²) < 4.78 is 11.0. The molecular weight excluding hydrogens is 268 g/mol. The fourth-order valence-electron chi connectivity index (χ4n) is 2.19. The molecule has 2 N–H and O–H groups in total. The maximum Gasteiger partial charge on any atom is 0.243 e. The molecule has 2 rings (SSSR count). The van der Waals surface area contributed by atoms with Gasteiger partial charge in [0.2, 0.25) is 5.91 Å². The van der Waals surface area contributed by atoms with E-state index in [1.54, 1.807) is 0 Å². The predicted molar refractivity (Wildman–Crippen MR) is 82.3 cm³/mol. The predicted octanol–water partition coefficient (Wildman–Crippen LogP) is 1.85. The maximum atomic E-state index is 12.2. The second-order valence-corrected chi connectivity index (χ2v) is 5.52. The van der Waals surface area contributed by atoms with Crippen LogP contribution < -0.4 is 10.6 Å². The van der Waals surface area contributed by atoms with Crippen LogP contribution in [-0.2, 0) is 20.9 Å².